The van der Waals surface area contributed by atoms with Crippen molar-refractivity contribution < 1.29 is 42.0 Å². The Kier molecular flexibility index (Phi) is 6.80. The Labute approximate surface area is 174 Å². The standard InChI is InChI=1S/C19H24NO9P/c1-4-19(2)17-14(28-18(19)20-9-8-13(21)11-15(20)22)12-27-30(24,29-17)26-10-6-5-7-16(23)25-3/h1,8-9,14,17-18H,5-7,10-12H2,2-3H3/t14-,17-,18-,19-,30+/m1/s1. The minimum absolute atomic E-state index is 0.0537. The van der Waals surface area contributed by atoms with Crippen molar-refractivity contribution in [3.05, 3.63) is 12.3 Å². The van der Waals surface area contributed by atoms with E-state index < -0.39 is 37.6 Å². The fourth-order valence-electron chi connectivity index (χ4n) is 3.52. The maximum atomic E-state index is 12.9. The molecule has 0 radical (unpaired) electrons. The summed E-state index contributed by atoms with van der Waals surface area (Å²) in [6.07, 6.45) is 6.84. The first-order chi connectivity index (χ1) is 14.2. The van der Waals surface area contributed by atoms with Crippen molar-refractivity contribution in [3.8, 4) is 12.3 Å². The molecule has 30 heavy (non-hydrogen) atoms. The highest BCUT2D eigenvalue weighted by molar-refractivity contribution is 7.48. The van der Waals surface area contributed by atoms with Crippen LogP contribution in [0.25, 0.3) is 0 Å². The van der Waals surface area contributed by atoms with Gasteiger partial charge in [0, 0.05) is 12.6 Å². The van der Waals surface area contributed by atoms with Gasteiger partial charge in [0.05, 0.1) is 26.7 Å². The minimum Gasteiger partial charge on any atom is -0.469 e. The van der Waals surface area contributed by atoms with Crippen LogP contribution in [-0.2, 0) is 42.0 Å². The number of carbonyl (C=O) groups excluding carboxylic acids is 3. The Morgan fingerprint density at radius 3 is 2.87 bits per heavy atom. The van der Waals surface area contributed by atoms with Crippen LogP contribution in [0.5, 0.6) is 0 Å². The van der Waals surface area contributed by atoms with Crippen molar-refractivity contribution >= 4 is 25.5 Å². The largest absolute Gasteiger partial charge is 0.475 e. The predicted octanol–water partition coefficient (Wildman–Crippen LogP) is 1.55. The molecule has 3 aliphatic rings. The summed E-state index contributed by atoms with van der Waals surface area (Å²) in [5.41, 5.74) is -1.15. The predicted molar refractivity (Wildman–Crippen MR) is 101 cm³/mol. The van der Waals surface area contributed by atoms with E-state index in [0.717, 1.165) is 0 Å². The summed E-state index contributed by atoms with van der Waals surface area (Å²) in [5.74, 6) is 1.52. The van der Waals surface area contributed by atoms with Crippen molar-refractivity contribution in [2.75, 3.05) is 20.3 Å². The maximum Gasteiger partial charge on any atom is 0.475 e. The number of hydrogen-bond donors (Lipinski definition) is 0. The quantitative estimate of drug-likeness (QED) is 0.191. The van der Waals surface area contributed by atoms with E-state index in [1.807, 2.05) is 0 Å². The molecule has 11 heteroatoms. The summed E-state index contributed by atoms with van der Waals surface area (Å²) in [5, 5.41) is 0. The van der Waals surface area contributed by atoms with Crippen LogP contribution in [0.2, 0.25) is 0 Å². The Morgan fingerprint density at radius 1 is 1.43 bits per heavy atom. The van der Waals surface area contributed by atoms with Crippen molar-refractivity contribution in [2.24, 2.45) is 5.41 Å². The van der Waals surface area contributed by atoms with Gasteiger partial charge in [-0.3, -0.25) is 32.9 Å². The highest BCUT2D eigenvalue weighted by atomic mass is 31.2. The van der Waals surface area contributed by atoms with Crippen LogP contribution in [0.15, 0.2) is 12.3 Å². The van der Waals surface area contributed by atoms with Gasteiger partial charge in [0.2, 0.25) is 5.91 Å². The molecule has 2 fully saturated rings. The molecule has 0 aromatic rings. The Balaban J connectivity index is 1.65. The number of terminal acetylenes is 1. The van der Waals surface area contributed by atoms with Crippen LogP contribution in [0.1, 0.15) is 32.6 Å². The number of methoxy groups -OCH3 is 1. The zero-order valence-corrected chi connectivity index (χ0v) is 17.7. The molecule has 0 saturated carbocycles. The average molecular weight is 441 g/mol. The molecule has 5 atom stereocenters. The lowest BCUT2D eigenvalue weighted by Gasteiger charge is -2.37. The van der Waals surface area contributed by atoms with Crippen molar-refractivity contribution in [3.63, 3.8) is 0 Å². The number of phosphoric ester groups is 1. The second-order valence-electron chi connectivity index (χ2n) is 7.35. The van der Waals surface area contributed by atoms with Crippen molar-refractivity contribution in [2.45, 2.75) is 51.0 Å². The average Bonchev–Trinajstić information content (AvgIpc) is 3.00. The molecule has 3 rings (SSSR count). The third-order valence-corrected chi connectivity index (χ3v) is 6.68. The Bertz CT molecular complexity index is 834. The van der Waals surface area contributed by atoms with Gasteiger partial charge in [-0.05, 0) is 25.8 Å². The molecule has 3 aliphatic heterocycles. The molecule has 164 valence electrons. The molecule has 0 unspecified atom stereocenters. The third kappa shape index (κ3) is 4.51. The molecule has 0 bridgehead atoms. The van der Waals surface area contributed by atoms with E-state index in [1.165, 1.54) is 24.3 Å². The van der Waals surface area contributed by atoms with E-state index in [4.69, 9.17) is 24.7 Å². The lowest BCUT2D eigenvalue weighted by molar-refractivity contribution is -0.147. The molecule has 0 aliphatic carbocycles. The van der Waals surface area contributed by atoms with E-state index >= 15 is 0 Å². The lowest BCUT2D eigenvalue weighted by Crippen LogP contribution is -2.49. The number of hydrogen-bond acceptors (Lipinski definition) is 9. The number of ketones is 1. The maximum absolute atomic E-state index is 12.9. The zero-order chi connectivity index (χ0) is 21.9. The monoisotopic (exact) mass is 441 g/mol. The van der Waals surface area contributed by atoms with Gasteiger partial charge in [-0.1, -0.05) is 5.92 Å². The Hall–Kier alpha value is -2.02. The smallest absolute Gasteiger partial charge is 0.469 e. The van der Waals surface area contributed by atoms with Gasteiger partial charge >= 0.3 is 13.8 Å². The second-order valence-corrected chi connectivity index (χ2v) is 8.97. The van der Waals surface area contributed by atoms with Crippen LogP contribution >= 0.6 is 7.82 Å². The van der Waals surface area contributed by atoms with E-state index in [-0.39, 0.29) is 37.8 Å². The van der Waals surface area contributed by atoms with Crippen LogP contribution in [0.3, 0.4) is 0 Å². The number of fused-ring (bicyclic) bond motifs is 1. The molecule has 3 heterocycles. The molecule has 0 N–H and O–H groups in total. The van der Waals surface area contributed by atoms with Gasteiger partial charge in [-0.25, -0.2) is 4.57 Å². The first-order valence-electron chi connectivity index (χ1n) is 9.52. The summed E-state index contributed by atoms with van der Waals surface area (Å²) in [4.78, 5) is 36.2. The fraction of sp³-hybridized carbons (Fsp3) is 0.632. The van der Waals surface area contributed by atoms with Crippen LogP contribution in [0.4, 0.5) is 0 Å². The van der Waals surface area contributed by atoms with Gasteiger partial charge in [0.15, 0.2) is 12.0 Å². The molecule has 0 aromatic heterocycles. The number of rotatable bonds is 7. The molecule has 0 spiro atoms. The number of amides is 1. The molecule has 0 aromatic carbocycles. The third-order valence-electron chi connectivity index (χ3n) is 5.24. The number of carbonyl (C=O) groups is 3. The second kappa shape index (κ2) is 9.00. The zero-order valence-electron chi connectivity index (χ0n) is 16.8. The van der Waals surface area contributed by atoms with E-state index in [2.05, 4.69) is 10.7 Å². The SMILES string of the molecule is C#C[C@]1(C)[C@@H]2O[P@@](=O)(OCCCCC(=O)OC)OC[C@H]2O[C@H]1N1C=CC(=O)CC1=O. The highest BCUT2D eigenvalue weighted by Gasteiger charge is 2.61. The number of unbranched alkanes of at least 4 members (excludes halogenated alkanes) is 1. The van der Waals surface area contributed by atoms with Crippen LogP contribution in [0, 0.1) is 17.8 Å². The van der Waals surface area contributed by atoms with Crippen LogP contribution < -0.4 is 0 Å². The van der Waals surface area contributed by atoms with E-state index in [0.29, 0.717) is 12.8 Å². The Morgan fingerprint density at radius 2 is 2.20 bits per heavy atom. The topological polar surface area (TPSA) is 118 Å². The normalized spacial score (nSPS) is 35.8. The van der Waals surface area contributed by atoms with Gasteiger partial charge < -0.3 is 9.47 Å². The van der Waals surface area contributed by atoms with E-state index in [1.54, 1.807) is 6.92 Å². The van der Waals surface area contributed by atoms with Crippen molar-refractivity contribution in [1.82, 2.24) is 4.90 Å². The number of phosphoric acid groups is 1. The highest BCUT2D eigenvalue weighted by Crippen LogP contribution is 2.59. The van der Waals surface area contributed by atoms with Gasteiger partial charge in [-0.15, -0.1) is 6.42 Å². The molecule has 2 saturated heterocycles. The summed E-state index contributed by atoms with van der Waals surface area (Å²) in [6, 6.07) is 0. The summed E-state index contributed by atoms with van der Waals surface area (Å²) < 4.78 is 39.7. The van der Waals surface area contributed by atoms with Gasteiger partial charge in [0.25, 0.3) is 0 Å². The molecule has 1 amide bonds. The van der Waals surface area contributed by atoms with Crippen LogP contribution in [-0.4, -0.2) is 61.3 Å². The fourth-order valence-corrected chi connectivity index (χ4v) is 5.03. The number of nitrogens with zero attached hydrogens (tertiary/aromatic N) is 1. The van der Waals surface area contributed by atoms with Gasteiger partial charge in [-0.2, -0.15) is 0 Å². The number of ether oxygens (including phenoxy) is 2. The number of esters is 1. The summed E-state index contributed by atoms with van der Waals surface area (Å²) in [6.45, 7) is 1.62. The molecular formula is C19H24NO9P. The minimum atomic E-state index is -3.91. The lowest BCUT2D eigenvalue weighted by atomic mass is 9.82. The van der Waals surface area contributed by atoms with Crippen molar-refractivity contribution in [1.29, 1.82) is 0 Å². The first-order valence-corrected chi connectivity index (χ1v) is 11.0. The summed E-state index contributed by atoms with van der Waals surface area (Å²) in [7, 11) is -2.60. The number of allylic oxidation sites excluding steroid dienone is 1. The molecule has 10 nitrogen and oxygen atoms in total. The first kappa shape index (κ1) is 22.7. The molecular weight excluding hydrogens is 417 g/mol. The van der Waals surface area contributed by atoms with E-state index in [9.17, 15) is 18.9 Å². The van der Waals surface area contributed by atoms with Gasteiger partial charge in [0.1, 0.15) is 17.6 Å². The summed E-state index contributed by atoms with van der Waals surface area (Å²) >= 11 is 0.